The van der Waals surface area contributed by atoms with Crippen molar-refractivity contribution in [2.45, 2.75) is 53.6 Å². The summed E-state index contributed by atoms with van der Waals surface area (Å²) in [7, 11) is 0. The van der Waals surface area contributed by atoms with Crippen molar-refractivity contribution < 1.29 is 9.84 Å². The minimum Gasteiger partial charge on any atom is -0.493 e. The van der Waals surface area contributed by atoms with Crippen molar-refractivity contribution in [1.29, 1.82) is 0 Å². The maximum absolute atomic E-state index is 9.70. The molecule has 1 aromatic rings. The molecular formula is C16H26O2. The van der Waals surface area contributed by atoms with Gasteiger partial charge in [0.25, 0.3) is 0 Å². The van der Waals surface area contributed by atoms with E-state index in [2.05, 4.69) is 20.8 Å². The van der Waals surface area contributed by atoms with Crippen LogP contribution in [0.15, 0.2) is 18.2 Å². The highest BCUT2D eigenvalue weighted by Crippen LogP contribution is 2.27. The van der Waals surface area contributed by atoms with Crippen LogP contribution in [0.1, 0.15) is 57.8 Å². The van der Waals surface area contributed by atoms with Gasteiger partial charge in [-0.1, -0.05) is 32.9 Å². The number of rotatable bonds is 5. The topological polar surface area (TPSA) is 29.5 Å². The normalized spacial score (nSPS) is 13.4. The van der Waals surface area contributed by atoms with E-state index in [0.717, 1.165) is 29.7 Å². The zero-order valence-corrected chi connectivity index (χ0v) is 12.3. The lowest BCUT2D eigenvalue weighted by molar-refractivity contribution is 0.189. The Morgan fingerprint density at radius 1 is 1.28 bits per heavy atom. The molecule has 1 N–H and O–H groups in total. The zero-order chi connectivity index (χ0) is 13.8. The monoisotopic (exact) mass is 250 g/mol. The standard InChI is InChI=1S/C16H26O2/c1-12-7-8-14(13(2)17)15(11-12)18-10-6-9-16(3,4)5/h7-8,11,13,17H,6,9-10H2,1-5H3/t13-/m0/s1. The number of hydrogen-bond donors (Lipinski definition) is 1. The molecular weight excluding hydrogens is 224 g/mol. The van der Waals surface area contributed by atoms with E-state index in [0.29, 0.717) is 12.0 Å². The van der Waals surface area contributed by atoms with Crippen LogP contribution in [0.2, 0.25) is 0 Å². The third-order valence-corrected chi connectivity index (χ3v) is 2.95. The lowest BCUT2D eigenvalue weighted by Crippen LogP contribution is -2.09. The van der Waals surface area contributed by atoms with E-state index in [4.69, 9.17) is 4.74 Å². The van der Waals surface area contributed by atoms with E-state index >= 15 is 0 Å². The summed E-state index contributed by atoms with van der Waals surface area (Å²) in [5.74, 6) is 0.818. The molecule has 0 radical (unpaired) electrons. The fourth-order valence-electron chi connectivity index (χ4n) is 1.90. The van der Waals surface area contributed by atoms with E-state index in [1.165, 1.54) is 0 Å². The first-order chi connectivity index (χ1) is 8.29. The molecule has 1 aromatic carbocycles. The predicted molar refractivity (Wildman–Crippen MR) is 76.0 cm³/mol. The first-order valence-corrected chi connectivity index (χ1v) is 6.71. The number of aliphatic hydroxyl groups excluding tert-OH is 1. The highest BCUT2D eigenvalue weighted by Gasteiger charge is 2.11. The second-order valence-electron chi connectivity index (χ2n) is 6.23. The summed E-state index contributed by atoms with van der Waals surface area (Å²) < 4.78 is 5.81. The third kappa shape index (κ3) is 5.09. The van der Waals surface area contributed by atoms with E-state index in [1.54, 1.807) is 6.92 Å². The van der Waals surface area contributed by atoms with Gasteiger partial charge >= 0.3 is 0 Å². The average molecular weight is 250 g/mol. The van der Waals surface area contributed by atoms with Gasteiger partial charge in [-0.15, -0.1) is 0 Å². The molecule has 0 aliphatic carbocycles. The third-order valence-electron chi connectivity index (χ3n) is 2.95. The van der Waals surface area contributed by atoms with Crippen molar-refractivity contribution >= 4 is 0 Å². The van der Waals surface area contributed by atoms with Crippen molar-refractivity contribution in [2.24, 2.45) is 5.41 Å². The molecule has 0 saturated carbocycles. The Labute approximate surface area is 111 Å². The van der Waals surface area contributed by atoms with Crippen LogP contribution in [0, 0.1) is 12.3 Å². The zero-order valence-electron chi connectivity index (χ0n) is 12.3. The number of aliphatic hydroxyl groups is 1. The van der Waals surface area contributed by atoms with Crippen molar-refractivity contribution in [3.63, 3.8) is 0 Å². The van der Waals surface area contributed by atoms with Crippen molar-refractivity contribution in [3.05, 3.63) is 29.3 Å². The summed E-state index contributed by atoms with van der Waals surface area (Å²) in [6.45, 7) is 11.2. The van der Waals surface area contributed by atoms with Crippen LogP contribution in [0.3, 0.4) is 0 Å². The Bertz CT molecular complexity index is 375. The smallest absolute Gasteiger partial charge is 0.125 e. The van der Waals surface area contributed by atoms with Gasteiger partial charge in [-0.3, -0.25) is 0 Å². The van der Waals surface area contributed by atoms with Crippen LogP contribution in [0.5, 0.6) is 5.75 Å². The lowest BCUT2D eigenvalue weighted by Gasteiger charge is -2.19. The van der Waals surface area contributed by atoms with Gasteiger partial charge in [-0.25, -0.2) is 0 Å². The molecule has 2 nitrogen and oxygen atoms in total. The lowest BCUT2D eigenvalue weighted by atomic mass is 9.91. The van der Waals surface area contributed by atoms with Gasteiger partial charge in [-0.05, 0) is 43.7 Å². The van der Waals surface area contributed by atoms with Crippen LogP contribution in [0.25, 0.3) is 0 Å². The summed E-state index contributed by atoms with van der Waals surface area (Å²) in [6, 6.07) is 5.95. The van der Waals surface area contributed by atoms with Crippen molar-refractivity contribution in [2.75, 3.05) is 6.61 Å². The quantitative estimate of drug-likeness (QED) is 0.791. The highest BCUT2D eigenvalue weighted by molar-refractivity contribution is 5.38. The fourth-order valence-corrected chi connectivity index (χ4v) is 1.90. The van der Waals surface area contributed by atoms with E-state index in [-0.39, 0.29) is 0 Å². The molecule has 18 heavy (non-hydrogen) atoms. The Hall–Kier alpha value is -1.02. The second-order valence-corrected chi connectivity index (χ2v) is 6.23. The summed E-state index contributed by atoms with van der Waals surface area (Å²) in [4.78, 5) is 0. The SMILES string of the molecule is Cc1ccc([C@H](C)O)c(OCCCC(C)(C)C)c1. The van der Waals surface area contributed by atoms with Gasteiger partial charge < -0.3 is 9.84 Å². The average Bonchev–Trinajstić information content (AvgIpc) is 2.22. The molecule has 0 aliphatic heterocycles. The number of hydrogen-bond acceptors (Lipinski definition) is 2. The van der Waals surface area contributed by atoms with E-state index < -0.39 is 6.10 Å². The van der Waals surface area contributed by atoms with E-state index in [9.17, 15) is 5.11 Å². The Morgan fingerprint density at radius 2 is 1.94 bits per heavy atom. The molecule has 1 atom stereocenters. The molecule has 0 unspecified atom stereocenters. The van der Waals surface area contributed by atoms with Crippen LogP contribution < -0.4 is 4.74 Å². The van der Waals surface area contributed by atoms with Crippen LogP contribution in [0.4, 0.5) is 0 Å². The Balaban J connectivity index is 2.58. The van der Waals surface area contributed by atoms with E-state index in [1.807, 2.05) is 25.1 Å². The molecule has 1 rings (SSSR count). The molecule has 0 aromatic heterocycles. The first-order valence-electron chi connectivity index (χ1n) is 6.71. The molecule has 0 bridgehead atoms. The molecule has 0 aliphatic rings. The number of ether oxygens (including phenoxy) is 1. The first kappa shape index (κ1) is 15.0. The highest BCUT2D eigenvalue weighted by atomic mass is 16.5. The largest absolute Gasteiger partial charge is 0.493 e. The molecule has 0 fully saturated rings. The Morgan fingerprint density at radius 3 is 2.50 bits per heavy atom. The van der Waals surface area contributed by atoms with Crippen molar-refractivity contribution in [3.8, 4) is 5.75 Å². The van der Waals surface area contributed by atoms with Gasteiger partial charge in [0.15, 0.2) is 0 Å². The predicted octanol–water partition coefficient (Wildman–Crippen LogP) is 4.25. The molecule has 0 spiro atoms. The van der Waals surface area contributed by atoms with Gasteiger partial charge in [-0.2, -0.15) is 0 Å². The van der Waals surface area contributed by atoms with Gasteiger partial charge in [0, 0.05) is 5.56 Å². The Kier molecular flexibility index (Phi) is 5.21. The summed E-state index contributed by atoms with van der Waals surface area (Å²) >= 11 is 0. The molecule has 0 amide bonds. The maximum atomic E-state index is 9.70. The fraction of sp³-hybridized carbons (Fsp3) is 0.625. The van der Waals surface area contributed by atoms with Crippen LogP contribution in [-0.2, 0) is 0 Å². The van der Waals surface area contributed by atoms with Gasteiger partial charge in [0.2, 0.25) is 0 Å². The second kappa shape index (κ2) is 6.24. The minimum absolute atomic E-state index is 0.350. The minimum atomic E-state index is -0.483. The molecule has 0 saturated heterocycles. The van der Waals surface area contributed by atoms with Crippen LogP contribution >= 0.6 is 0 Å². The summed E-state index contributed by atoms with van der Waals surface area (Å²) in [5.41, 5.74) is 2.38. The molecule has 102 valence electrons. The number of benzene rings is 1. The van der Waals surface area contributed by atoms with Crippen LogP contribution in [-0.4, -0.2) is 11.7 Å². The van der Waals surface area contributed by atoms with Crippen molar-refractivity contribution in [1.82, 2.24) is 0 Å². The summed E-state index contributed by atoms with van der Waals surface area (Å²) in [6.07, 6.45) is 1.70. The maximum Gasteiger partial charge on any atom is 0.125 e. The molecule has 0 heterocycles. The molecule has 2 heteroatoms. The van der Waals surface area contributed by atoms with Gasteiger partial charge in [0.05, 0.1) is 12.7 Å². The summed E-state index contributed by atoms with van der Waals surface area (Å²) in [5, 5.41) is 9.70. The van der Waals surface area contributed by atoms with Gasteiger partial charge in [0.1, 0.15) is 5.75 Å². The number of aryl methyl sites for hydroxylation is 1.